The Morgan fingerprint density at radius 2 is 1.72 bits per heavy atom. The highest BCUT2D eigenvalue weighted by Gasteiger charge is 2.46. The van der Waals surface area contributed by atoms with E-state index in [1.807, 2.05) is 17.0 Å². The zero-order chi connectivity index (χ0) is 20.6. The molecule has 0 aromatic heterocycles. The van der Waals surface area contributed by atoms with E-state index in [2.05, 4.69) is 30.8 Å². The highest BCUT2D eigenvalue weighted by molar-refractivity contribution is 6.39. The van der Waals surface area contributed by atoms with Crippen LogP contribution in [-0.2, 0) is 9.63 Å². The Morgan fingerprint density at radius 3 is 2.31 bits per heavy atom. The minimum atomic E-state index is -0.249. The molecule has 0 atom stereocenters. The Bertz CT molecular complexity index is 766. The first-order valence-electron chi connectivity index (χ1n) is 10.8. The lowest BCUT2D eigenvalue weighted by Gasteiger charge is -2.40. The summed E-state index contributed by atoms with van der Waals surface area (Å²) in [4.78, 5) is 23.0. The predicted molar refractivity (Wildman–Crippen MR) is 114 cm³/mol. The van der Waals surface area contributed by atoms with Crippen molar-refractivity contribution >= 4 is 17.3 Å². The Morgan fingerprint density at radius 1 is 1.10 bits per heavy atom. The van der Waals surface area contributed by atoms with Crippen LogP contribution in [0.5, 0.6) is 5.75 Å². The van der Waals surface area contributed by atoms with Crippen molar-refractivity contribution in [3.8, 4) is 5.75 Å². The molecule has 4 rings (SSSR count). The van der Waals surface area contributed by atoms with Crippen molar-refractivity contribution in [3.05, 3.63) is 24.3 Å². The van der Waals surface area contributed by atoms with Crippen LogP contribution < -0.4 is 4.90 Å². The quantitative estimate of drug-likeness (QED) is 0.822. The molecule has 1 saturated heterocycles. The Hall–Kier alpha value is -2.24. The lowest BCUT2D eigenvalue weighted by molar-refractivity contribution is -0.124. The highest BCUT2D eigenvalue weighted by atomic mass is 16.7. The zero-order valence-electron chi connectivity index (χ0n) is 17.9. The third kappa shape index (κ3) is 4.21. The second-order valence-corrected chi connectivity index (χ2v) is 9.93. The van der Waals surface area contributed by atoms with Crippen molar-refractivity contribution in [1.29, 1.82) is 0 Å². The number of hydrogen-bond acceptors (Lipinski definition) is 5. The number of oxime groups is 1. The van der Waals surface area contributed by atoms with Crippen LogP contribution in [0.25, 0.3) is 0 Å². The largest absolute Gasteiger partial charge is 0.508 e. The minimum Gasteiger partial charge on any atom is -0.508 e. The molecule has 6 heteroatoms. The fourth-order valence-electron chi connectivity index (χ4n) is 4.93. The summed E-state index contributed by atoms with van der Waals surface area (Å²) in [6.07, 6.45) is 4.92. The van der Waals surface area contributed by atoms with Crippen molar-refractivity contribution in [1.82, 2.24) is 4.90 Å². The van der Waals surface area contributed by atoms with Gasteiger partial charge in [0.1, 0.15) is 17.1 Å². The Balaban J connectivity index is 1.30. The van der Waals surface area contributed by atoms with Gasteiger partial charge in [-0.15, -0.1) is 0 Å². The van der Waals surface area contributed by atoms with Gasteiger partial charge >= 0.3 is 0 Å². The van der Waals surface area contributed by atoms with Crippen LogP contribution in [0, 0.1) is 11.3 Å². The van der Waals surface area contributed by atoms with Crippen molar-refractivity contribution in [3.63, 3.8) is 0 Å². The van der Waals surface area contributed by atoms with Crippen LogP contribution in [0.4, 0.5) is 5.69 Å². The van der Waals surface area contributed by atoms with Crippen molar-refractivity contribution in [2.75, 3.05) is 31.1 Å². The van der Waals surface area contributed by atoms with Gasteiger partial charge in [-0.3, -0.25) is 4.79 Å². The Kier molecular flexibility index (Phi) is 5.21. The number of aromatic hydroxyl groups is 1. The van der Waals surface area contributed by atoms with Crippen LogP contribution >= 0.6 is 0 Å². The van der Waals surface area contributed by atoms with Crippen LogP contribution in [-0.4, -0.2) is 53.4 Å². The number of amides is 1. The predicted octanol–water partition coefficient (Wildman–Crippen LogP) is 3.79. The van der Waals surface area contributed by atoms with E-state index in [0.717, 1.165) is 44.5 Å². The van der Waals surface area contributed by atoms with Gasteiger partial charge in [0.25, 0.3) is 5.91 Å². The van der Waals surface area contributed by atoms with Crippen LogP contribution in [0.1, 0.15) is 52.9 Å². The van der Waals surface area contributed by atoms with Gasteiger partial charge in [-0.2, -0.15) is 0 Å². The van der Waals surface area contributed by atoms with Crippen LogP contribution in [0.3, 0.4) is 0 Å². The van der Waals surface area contributed by atoms with Gasteiger partial charge in [-0.1, -0.05) is 25.9 Å². The van der Waals surface area contributed by atoms with Gasteiger partial charge in [-0.25, -0.2) is 0 Å². The van der Waals surface area contributed by atoms with Gasteiger partial charge in [0, 0.05) is 38.3 Å². The molecule has 1 aliphatic carbocycles. The maximum Gasteiger partial charge on any atom is 0.271 e. The molecule has 2 aliphatic heterocycles. The van der Waals surface area contributed by atoms with E-state index in [1.165, 1.54) is 0 Å². The number of benzene rings is 1. The molecular formula is C23H33N3O3. The molecule has 29 heavy (non-hydrogen) atoms. The monoisotopic (exact) mass is 399 g/mol. The summed E-state index contributed by atoms with van der Waals surface area (Å²) in [6.45, 7) is 9.86. The number of nitrogens with zero attached hydrogens (tertiary/aromatic N) is 3. The molecule has 2 heterocycles. The lowest BCUT2D eigenvalue weighted by Crippen LogP contribution is -2.51. The molecule has 3 aliphatic rings. The number of carbonyl (C=O) groups excluding carboxylic acids is 1. The number of piperazine rings is 1. The van der Waals surface area contributed by atoms with Crippen LogP contribution in [0.15, 0.2) is 29.4 Å². The minimum absolute atomic E-state index is 0.0326. The standard InChI is InChI=1S/C23H33N3O3/c1-22(2,3)17-8-10-23(11-9-17)16-20(24-29-23)21(28)26-14-12-25(13-15-26)18-4-6-19(27)7-5-18/h4-7,17,27H,8-16H2,1-3H3. The normalized spacial score (nSPS) is 27.7. The highest BCUT2D eigenvalue weighted by Crippen LogP contribution is 2.46. The summed E-state index contributed by atoms with van der Waals surface area (Å²) >= 11 is 0. The summed E-state index contributed by atoms with van der Waals surface area (Å²) in [5.41, 5.74) is 1.75. The van der Waals surface area contributed by atoms with Crippen LogP contribution in [0.2, 0.25) is 0 Å². The third-order valence-corrected chi connectivity index (χ3v) is 6.99. The van der Waals surface area contributed by atoms with E-state index in [4.69, 9.17) is 4.84 Å². The zero-order valence-corrected chi connectivity index (χ0v) is 17.9. The summed E-state index contributed by atoms with van der Waals surface area (Å²) in [5, 5.41) is 13.7. The molecule has 1 spiro atoms. The SMILES string of the molecule is CC(C)(C)C1CCC2(CC1)CC(C(=O)N1CCN(c3ccc(O)cc3)CC1)=NO2. The number of phenols is 1. The smallest absolute Gasteiger partial charge is 0.271 e. The van der Waals surface area contributed by atoms with E-state index in [1.54, 1.807) is 12.1 Å². The van der Waals surface area contributed by atoms with Gasteiger partial charge in [0.15, 0.2) is 0 Å². The van der Waals surface area contributed by atoms with E-state index >= 15 is 0 Å². The number of carbonyl (C=O) groups is 1. The summed E-state index contributed by atoms with van der Waals surface area (Å²) in [5.74, 6) is 1.02. The van der Waals surface area contributed by atoms with E-state index in [-0.39, 0.29) is 17.3 Å². The average Bonchev–Trinajstić information content (AvgIpc) is 3.11. The fourth-order valence-corrected chi connectivity index (χ4v) is 4.93. The molecular weight excluding hydrogens is 366 g/mol. The maximum absolute atomic E-state index is 13.0. The Labute approximate surface area is 173 Å². The van der Waals surface area contributed by atoms with Gasteiger partial charge in [-0.05, 0) is 61.3 Å². The molecule has 2 fully saturated rings. The van der Waals surface area contributed by atoms with Gasteiger partial charge in [0.05, 0.1) is 0 Å². The number of anilines is 1. The molecule has 158 valence electrons. The first kappa shape index (κ1) is 20.0. The summed E-state index contributed by atoms with van der Waals surface area (Å²) < 4.78 is 0. The van der Waals surface area contributed by atoms with E-state index < -0.39 is 0 Å². The lowest BCUT2D eigenvalue weighted by atomic mass is 9.67. The maximum atomic E-state index is 13.0. The molecule has 1 amide bonds. The molecule has 1 N–H and O–H groups in total. The molecule has 0 unspecified atom stereocenters. The molecule has 0 bridgehead atoms. The number of phenolic OH excluding ortho intramolecular Hbond substituents is 1. The first-order chi connectivity index (χ1) is 13.8. The molecule has 6 nitrogen and oxygen atoms in total. The first-order valence-corrected chi connectivity index (χ1v) is 10.8. The molecule has 1 aromatic carbocycles. The molecule has 1 aromatic rings. The summed E-state index contributed by atoms with van der Waals surface area (Å²) in [7, 11) is 0. The average molecular weight is 400 g/mol. The number of rotatable bonds is 2. The molecule has 1 saturated carbocycles. The van der Waals surface area contributed by atoms with Crippen molar-refractivity contribution in [2.45, 2.75) is 58.5 Å². The fraction of sp³-hybridized carbons (Fsp3) is 0.652. The second-order valence-electron chi connectivity index (χ2n) is 9.93. The summed E-state index contributed by atoms with van der Waals surface area (Å²) in [6, 6.07) is 7.23. The van der Waals surface area contributed by atoms with Gasteiger partial charge in [0.2, 0.25) is 0 Å². The van der Waals surface area contributed by atoms with E-state index in [9.17, 15) is 9.90 Å². The second kappa shape index (κ2) is 7.54. The number of hydrogen-bond donors (Lipinski definition) is 1. The topological polar surface area (TPSA) is 65.4 Å². The van der Waals surface area contributed by atoms with E-state index in [0.29, 0.717) is 36.6 Å². The molecule has 0 radical (unpaired) electrons. The van der Waals surface area contributed by atoms with Gasteiger partial charge < -0.3 is 19.7 Å². The van der Waals surface area contributed by atoms with Crippen molar-refractivity contribution in [2.24, 2.45) is 16.5 Å². The van der Waals surface area contributed by atoms with Crippen molar-refractivity contribution < 1.29 is 14.7 Å². The third-order valence-electron chi connectivity index (χ3n) is 6.99.